The Hall–Kier alpha value is -7.16. The minimum atomic E-state index is -0.396. The van der Waals surface area contributed by atoms with Crippen molar-refractivity contribution in [3.05, 3.63) is 160 Å². The highest BCUT2D eigenvalue weighted by molar-refractivity contribution is 6.62. The summed E-state index contributed by atoms with van der Waals surface area (Å²) in [5.74, 6) is 1.94. The first-order valence-electron chi connectivity index (χ1n) is 23.6. The summed E-state index contributed by atoms with van der Waals surface area (Å²) in [7, 11) is 3.24. The topological polar surface area (TPSA) is 151 Å². The van der Waals surface area contributed by atoms with Crippen LogP contribution in [-0.2, 0) is 14.3 Å². The van der Waals surface area contributed by atoms with Crippen molar-refractivity contribution in [1.82, 2.24) is 14.8 Å². The molecule has 0 radical (unpaired) electrons. The van der Waals surface area contributed by atoms with E-state index in [4.69, 9.17) is 30.5 Å². The summed E-state index contributed by atoms with van der Waals surface area (Å²) in [6, 6.07) is 23.9. The van der Waals surface area contributed by atoms with Crippen LogP contribution in [-0.4, -0.2) is 96.8 Å². The number of carbonyl (C=O) groups is 4. The Labute approximate surface area is 422 Å². The van der Waals surface area contributed by atoms with Crippen molar-refractivity contribution in [2.24, 2.45) is 0 Å². The summed E-state index contributed by atoms with van der Waals surface area (Å²) in [5, 5.41) is 9.69. The molecule has 4 amide bonds. The van der Waals surface area contributed by atoms with Gasteiger partial charge in [-0.25, -0.2) is 4.79 Å². The Kier molecular flexibility index (Phi) is 18.1. The molecule has 4 aliphatic rings. The van der Waals surface area contributed by atoms with Gasteiger partial charge in [0.2, 0.25) is 0 Å². The Morgan fingerprint density at radius 1 is 0.634 bits per heavy atom. The fraction of sp³-hybridized carbons (Fsp3) is 0.339. The van der Waals surface area contributed by atoms with E-state index in [1.54, 1.807) is 52.3 Å². The molecule has 0 spiro atoms. The molecule has 0 unspecified atom stereocenters. The zero-order valence-corrected chi connectivity index (χ0v) is 42.7. The van der Waals surface area contributed by atoms with Gasteiger partial charge >= 0.3 is 11.5 Å². The van der Waals surface area contributed by atoms with E-state index in [0.717, 1.165) is 93.3 Å². The molecule has 71 heavy (non-hydrogen) atoms. The average molecular weight is 987 g/mol. The maximum absolute atomic E-state index is 12.8. The molecule has 5 heterocycles. The van der Waals surface area contributed by atoms with E-state index in [1.807, 2.05) is 114 Å². The second-order valence-electron chi connectivity index (χ2n) is 17.7. The van der Waals surface area contributed by atoms with Crippen molar-refractivity contribution in [1.29, 1.82) is 0 Å². The number of β-lactam (4-membered cyclic amide) rings is 2. The third kappa shape index (κ3) is 12.4. The number of phenols is 1. The zero-order valence-electron chi connectivity index (χ0n) is 41.9. The molecule has 4 aliphatic heterocycles. The number of halogens is 1. The van der Waals surface area contributed by atoms with E-state index < -0.39 is 6.09 Å². The fourth-order valence-electron chi connectivity index (χ4n) is 8.49. The van der Waals surface area contributed by atoms with Gasteiger partial charge in [-0.2, -0.15) is 0 Å². The second kappa shape index (κ2) is 24.1. The van der Waals surface area contributed by atoms with Crippen LogP contribution in [0.5, 0.6) is 23.0 Å². The molecule has 5 aromatic rings. The van der Waals surface area contributed by atoms with Crippen molar-refractivity contribution in [2.45, 2.75) is 72.9 Å². The van der Waals surface area contributed by atoms with Gasteiger partial charge < -0.3 is 33.9 Å². The van der Waals surface area contributed by atoms with Crippen molar-refractivity contribution in [3.8, 4) is 23.0 Å². The van der Waals surface area contributed by atoms with Gasteiger partial charge in [0.1, 0.15) is 23.0 Å². The van der Waals surface area contributed by atoms with Crippen molar-refractivity contribution < 1.29 is 43.2 Å². The fourth-order valence-corrected chi connectivity index (χ4v) is 8.66. The molecule has 1 N–H and O–H groups in total. The second-order valence-corrected chi connectivity index (χ2v) is 18.1. The minimum Gasteiger partial charge on any atom is -0.508 e. The van der Waals surface area contributed by atoms with E-state index in [-0.39, 0.29) is 35.0 Å². The Morgan fingerprint density at radius 2 is 1.13 bits per heavy atom. The number of benzene rings is 4. The summed E-state index contributed by atoms with van der Waals surface area (Å²) >= 11 is 5.24. The Bertz CT molecular complexity index is 2740. The van der Waals surface area contributed by atoms with Gasteiger partial charge in [-0.05, 0) is 153 Å². The molecule has 15 heteroatoms. The number of aromatic nitrogens is 1. The smallest absolute Gasteiger partial charge is 0.415 e. The third-order valence-corrected chi connectivity index (χ3v) is 13.3. The number of amides is 4. The largest absolute Gasteiger partial charge is 0.508 e. The summed E-state index contributed by atoms with van der Waals surface area (Å²) in [6.45, 7) is 23.3. The number of carbonyl (C=O) groups excluding carboxylic acids is 4. The molecule has 4 saturated heterocycles. The number of phenolic OH excluding ortho intramolecular Hbond substituents is 1. The van der Waals surface area contributed by atoms with Gasteiger partial charge in [0, 0.05) is 73.2 Å². The van der Waals surface area contributed by atoms with Gasteiger partial charge in [-0.15, -0.1) is 0 Å². The Balaban J connectivity index is 0.000000183. The van der Waals surface area contributed by atoms with Crippen LogP contribution >= 0.6 is 11.6 Å². The molecule has 4 fully saturated rings. The zero-order chi connectivity index (χ0) is 51.5. The molecule has 2 atom stereocenters. The third-order valence-electron chi connectivity index (χ3n) is 13.1. The van der Waals surface area contributed by atoms with Gasteiger partial charge in [0.05, 0.1) is 39.5 Å². The Morgan fingerprint density at radius 3 is 1.55 bits per heavy atom. The highest BCUT2D eigenvalue weighted by atomic mass is 35.5. The lowest BCUT2D eigenvalue weighted by molar-refractivity contribution is -0.119. The summed E-state index contributed by atoms with van der Waals surface area (Å²) in [6.07, 6.45) is 6.56. The predicted octanol–water partition coefficient (Wildman–Crippen LogP) is 11.0. The molecule has 1 aromatic heterocycles. The van der Waals surface area contributed by atoms with E-state index in [1.165, 1.54) is 6.42 Å². The number of aromatic hydroxyl groups is 1. The van der Waals surface area contributed by atoms with Crippen molar-refractivity contribution in [2.75, 3.05) is 63.4 Å². The number of likely N-dealkylation sites (tertiary alicyclic amines) is 1. The first-order valence-corrected chi connectivity index (χ1v) is 23.9. The first-order chi connectivity index (χ1) is 34.0. The quantitative estimate of drug-likeness (QED) is 0.0722. The molecule has 0 bridgehead atoms. The van der Waals surface area contributed by atoms with Gasteiger partial charge in [0.15, 0.2) is 0 Å². The molecule has 9 rings (SSSR count). The standard InChI is InChI=1S/C25H28N2O5.C20H21NO3.C6H10ClNO.C5H5N/c1-15-6-7-19(13-21(15)32-25(29)26-8-10-31-11-9-26)23-18(4)24(28)27(23)20-12-16(2)17(3)22(14-20)30-5;1-11-6-7-15(9-17(11)22)19-14(4)20(23)21(19)16-8-12(2)13(3)18(10-16)24-5;7-6(9)8-4-2-1-3-5-8;1-2-4-6-5-3-1/h6-7,12-14,23H,4,8-11H2,1-3,5H3;6-10,19,22H,4H2,1-3,5H3;1-5H2;1-5H/t23-;19-;;/m11../s1. The molecule has 0 aliphatic carbocycles. The summed E-state index contributed by atoms with van der Waals surface area (Å²) in [5.41, 5.74) is 10.0. The van der Waals surface area contributed by atoms with E-state index in [9.17, 15) is 24.3 Å². The minimum absolute atomic E-state index is 0.106. The van der Waals surface area contributed by atoms with Gasteiger partial charge in [-0.3, -0.25) is 29.2 Å². The lowest BCUT2D eigenvalue weighted by Gasteiger charge is -2.43. The SMILES string of the molecule is C=C1C(=O)N(c2cc(C)c(C)c(OC)c2)[C@H]1c1ccc(C)c(O)c1.C=C1C(=O)N(c2cc(C)c(C)c(OC)c2)[C@H]1c1ccc(C)c(OC(=O)N2CCOCC2)c1.O=C(Cl)N1CCCCC1.c1ccncc1. The number of morpholine rings is 1. The lowest BCUT2D eigenvalue weighted by atomic mass is 9.87. The maximum Gasteiger partial charge on any atom is 0.415 e. The average Bonchev–Trinajstić information content (AvgIpc) is 3.39. The molecule has 4 aromatic carbocycles. The van der Waals surface area contributed by atoms with Crippen LogP contribution in [0.2, 0.25) is 0 Å². The predicted molar refractivity (Wildman–Crippen MR) is 277 cm³/mol. The van der Waals surface area contributed by atoms with E-state index in [0.29, 0.717) is 43.2 Å². The van der Waals surface area contributed by atoms with Crippen LogP contribution in [0, 0.1) is 41.5 Å². The van der Waals surface area contributed by atoms with Crippen molar-refractivity contribution >= 4 is 46.2 Å². The molecular weight excluding hydrogens is 922 g/mol. The van der Waals surface area contributed by atoms with E-state index in [2.05, 4.69) is 18.1 Å². The number of ether oxygens (including phenoxy) is 4. The first kappa shape index (κ1) is 53.2. The van der Waals surface area contributed by atoms with Crippen LogP contribution in [0.3, 0.4) is 0 Å². The van der Waals surface area contributed by atoms with Crippen LogP contribution in [0.15, 0.2) is 116 Å². The van der Waals surface area contributed by atoms with Gasteiger partial charge in [0.25, 0.3) is 11.8 Å². The monoisotopic (exact) mass is 985 g/mol. The molecular formula is C56H64ClN5O9. The van der Waals surface area contributed by atoms with Crippen LogP contribution in [0.25, 0.3) is 0 Å². The number of piperidine rings is 1. The molecule has 0 saturated carbocycles. The van der Waals surface area contributed by atoms with Crippen LogP contribution in [0.4, 0.5) is 21.0 Å². The number of hydrogen-bond donors (Lipinski definition) is 1. The normalized spacial score (nSPS) is 17.3. The van der Waals surface area contributed by atoms with Gasteiger partial charge in [-0.1, -0.05) is 43.5 Å². The number of rotatable bonds is 7. The van der Waals surface area contributed by atoms with Crippen LogP contribution in [0.1, 0.15) is 75.9 Å². The summed E-state index contributed by atoms with van der Waals surface area (Å²) < 4.78 is 21.9. The number of hydrogen-bond acceptors (Lipinski definition) is 10. The van der Waals surface area contributed by atoms with E-state index >= 15 is 0 Å². The van der Waals surface area contributed by atoms with Crippen LogP contribution < -0.4 is 24.0 Å². The molecule has 374 valence electrons. The number of nitrogens with zero attached hydrogens (tertiary/aromatic N) is 5. The lowest BCUT2D eigenvalue weighted by Crippen LogP contribution is -2.49. The maximum atomic E-state index is 12.8. The number of aryl methyl sites for hydroxylation is 4. The number of methoxy groups -OCH3 is 2. The highest BCUT2D eigenvalue weighted by Gasteiger charge is 2.44. The number of anilines is 2. The number of pyridine rings is 1. The highest BCUT2D eigenvalue weighted by Crippen LogP contribution is 2.46. The van der Waals surface area contributed by atoms with Crippen molar-refractivity contribution in [3.63, 3.8) is 0 Å². The summed E-state index contributed by atoms with van der Waals surface area (Å²) in [4.78, 5) is 58.7. The molecule has 14 nitrogen and oxygen atoms in total.